The fourth-order valence-electron chi connectivity index (χ4n) is 3.18. The van der Waals surface area contributed by atoms with Crippen LogP contribution in [0.15, 0.2) is 41.4 Å². The molecule has 1 N–H and O–H groups in total. The Labute approximate surface area is 168 Å². The predicted molar refractivity (Wildman–Crippen MR) is 104 cm³/mol. The van der Waals surface area contributed by atoms with E-state index in [9.17, 15) is 18.5 Å². The summed E-state index contributed by atoms with van der Waals surface area (Å²) in [5, 5.41) is 11.5. The lowest BCUT2D eigenvalue weighted by Crippen LogP contribution is -2.39. The van der Waals surface area contributed by atoms with Gasteiger partial charge >= 0.3 is 0 Å². The summed E-state index contributed by atoms with van der Waals surface area (Å²) in [6.45, 7) is 1.61. The second-order valence-corrected chi connectivity index (χ2v) is 8.85. The first-order valence-electron chi connectivity index (χ1n) is 8.80. The molecule has 3 rings (SSSR count). The van der Waals surface area contributed by atoms with Crippen LogP contribution in [0.3, 0.4) is 0 Å². The lowest BCUT2D eigenvalue weighted by atomic mass is 9.94. The number of sulfonamides is 1. The van der Waals surface area contributed by atoms with Crippen molar-refractivity contribution in [2.24, 2.45) is 0 Å². The first kappa shape index (κ1) is 20.5. The van der Waals surface area contributed by atoms with Crippen LogP contribution in [0.25, 0.3) is 0 Å². The monoisotopic (exact) mass is 425 g/mol. The van der Waals surface area contributed by atoms with Crippen molar-refractivity contribution in [3.8, 4) is 5.88 Å². The summed E-state index contributed by atoms with van der Waals surface area (Å²) in [7, 11) is -3.85. The van der Waals surface area contributed by atoms with E-state index < -0.39 is 14.9 Å². The highest BCUT2D eigenvalue weighted by molar-refractivity contribution is 7.89. The van der Waals surface area contributed by atoms with Crippen LogP contribution in [0.4, 0.5) is 5.69 Å². The number of rotatable bonds is 6. The number of benzene rings is 1. The van der Waals surface area contributed by atoms with E-state index in [4.69, 9.17) is 16.3 Å². The first-order chi connectivity index (χ1) is 13.2. The zero-order valence-electron chi connectivity index (χ0n) is 15.2. The van der Waals surface area contributed by atoms with E-state index in [0.29, 0.717) is 42.1 Å². The molecule has 2 aromatic rings. The maximum Gasteiger partial charge on any atom is 0.270 e. The summed E-state index contributed by atoms with van der Waals surface area (Å²) >= 11 is 5.80. The van der Waals surface area contributed by atoms with Crippen molar-refractivity contribution in [3.05, 3.63) is 57.2 Å². The molecule has 0 unspecified atom stereocenters. The van der Waals surface area contributed by atoms with Crippen molar-refractivity contribution in [1.82, 2.24) is 9.71 Å². The molecule has 0 atom stereocenters. The van der Waals surface area contributed by atoms with Gasteiger partial charge in [-0.2, -0.15) is 0 Å². The molecule has 0 aliphatic heterocycles. The van der Waals surface area contributed by atoms with Crippen LogP contribution in [-0.4, -0.2) is 30.5 Å². The largest absolute Gasteiger partial charge is 0.474 e. The number of nitrogens with one attached hydrogen (secondary N) is 1. The van der Waals surface area contributed by atoms with Crippen LogP contribution in [0, 0.1) is 17.0 Å². The van der Waals surface area contributed by atoms with Crippen LogP contribution in [0.1, 0.15) is 31.2 Å². The Morgan fingerprint density at radius 2 is 1.93 bits per heavy atom. The molecule has 1 aliphatic carbocycles. The van der Waals surface area contributed by atoms with Crippen molar-refractivity contribution in [2.75, 3.05) is 0 Å². The van der Waals surface area contributed by atoms with Crippen molar-refractivity contribution in [1.29, 1.82) is 0 Å². The van der Waals surface area contributed by atoms with Gasteiger partial charge in [0.05, 0.1) is 14.8 Å². The van der Waals surface area contributed by atoms with E-state index in [1.807, 2.05) is 0 Å². The van der Waals surface area contributed by atoms with E-state index in [-0.39, 0.29) is 22.7 Å². The van der Waals surface area contributed by atoms with Crippen molar-refractivity contribution >= 4 is 27.3 Å². The minimum atomic E-state index is -3.85. The maximum atomic E-state index is 12.7. The molecule has 8 nitrogen and oxygen atoms in total. The fourth-order valence-corrected chi connectivity index (χ4v) is 4.86. The average molecular weight is 426 g/mol. The van der Waals surface area contributed by atoms with Crippen LogP contribution in [0.2, 0.25) is 5.02 Å². The Hall–Kier alpha value is -2.23. The van der Waals surface area contributed by atoms with Crippen LogP contribution in [-0.2, 0) is 10.0 Å². The highest BCUT2D eigenvalue weighted by Crippen LogP contribution is 2.26. The Bertz CT molecular complexity index is 958. The summed E-state index contributed by atoms with van der Waals surface area (Å²) in [5.41, 5.74) is 0.211. The third-order valence-electron chi connectivity index (χ3n) is 4.66. The fraction of sp³-hybridized carbons (Fsp3) is 0.389. The Balaban J connectivity index is 1.61. The topological polar surface area (TPSA) is 111 Å². The number of halogens is 1. The van der Waals surface area contributed by atoms with Gasteiger partial charge in [0.15, 0.2) is 0 Å². The minimum Gasteiger partial charge on any atom is -0.474 e. The summed E-state index contributed by atoms with van der Waals surface area (Å²) < 4.78 is 33.9. The van der Waals surface area contributed by atoms with E-state index in [1.54, 1.807) is 19.1 Å². The number of hydrogen-bond donors (Lipinski definition) is 1. The molecule has 0 saturated heterocycles. The number of non-ortho nitro benzene ring substituents is 1. The molecule has 150 valence electrons. The van der Waals surface area contributed by atoms with Gasteiger partial charge in [-0.1, -0.05) is 17.7 Å². The third-order valence-corrected chi connectivity index (χ3v) is 6.54. The molecular formula is C18H20ClN3O5S. The standard InChI is InChI=1S/C18H20ClN3O5S/c1-12-2-6-15(22(23)24)10-17(12)28(25,26)21-14-4-7-16(8-5-14)27-18-9-3-13(19)11-20-18/h2-3,6,9-11,14,16,21H,4-5,7-8H2,1H3. The molecule has 0 bridgehead atoms. The van der Waals surface area contributed by atoms with Gasteiger partial charge in [-0.05, 0) is 44.2 Å². The Morgan fingerprint density at radius 3 is 2.54 bits per heavy atom. The van der Waals surface area contributed by atoms with Crippen LogP contribution in [0.5, 0.6) is 5.88 Å². The number of aryl methyl sites for hydroxylation is 1. The molecule has 10 heteroatoms. The lowest BCUT2D eigenvalue weighted by molar-refractivity contribution is -0.385. The smallest absolute Gasteiger partial charge is 0.270 e. The number of hydrogen-bond acceptors (Lipinski definition) is 6. The Morgan fingerprint density at radius 1 is 1.21 bits per heavy atom. The molecule has 0 radical (unpaired) electrons. The minimum absolute atomic E-state index is 0.0472. The van der Waals surface area contributed by atoms with Crippen LogP contribution < -0.4 is 9.46 Å². The molecule has 0 spiro atoms. The molecule has 1 aliphatic rings. The highest BCUT2D eigenvalue weighted by Gasteiger charge is 2.28. The zero-order valence-corrected chi connectivity index (χ0v) is 16.7. The van der Waals surface area contributed by atoms with E-state index in [1.165, 1.54) is 18.3 Å². The van der Waals surface area contributed by atoms with Crippen molar-refractivity contribution < 1.29 is 18.1 Å². The lowest BCUT2D eigenvalue weighted by Gasteiger charge is -2.29. The SMILES string of the molecule is Cc1ccc([N+](=O)[O-])cc1S(=O)(=O)NC1CCC(Oc2ccc(Cl)cn2)CC1. The summed E-state index contributed by atoms with van der Waals surface area (Å²) in [6, 6.07) is 6.98. The number of pyridine rings is 1. The van der Waals surface area contributed by atoms with Crippen molar-refractivity contribution in [3.63, 3.8) is 0 Å². The normalized spacial score (nSPS) is 19.9. The molecule has 28 heavy (non-hydrogen) atoms. The Kier molecular flexibility index (Phi) is 6.17. The molecule has 1 fully saturated rings. The molecule has 1 saturated carbocycles. The summed E-state index contributed by atoms with van der Waals surface area (Å²) in [5.74, 6) is 0.487. The van der Waals surface area contributed by atoms with Gasteiger partial charge in [0.2, 0.25) is 15.9 Å². The predicted octanol–water partition coefficient (Wildman–Crippen LogP) is 3.62. The zero-order chi connectivity index (χ0) is 20.3. The number of aromatic nitrogens is 1. The number of nitro benzene ring substituents is 1. The van der Waals surface area contributed by atoms with Gasteiger partial charge in [-0.3, -0.25) is 10.1 Å². The molecular weight excluding hydrogens is 406 g/mol. The molecule has 1 heterocycles. The molecule has 1 aromatic carbocycles. The number of nitrogens with zero attached hydrogens (tertiary/aromatic N) is 2. The van der Waals surface area contributed by atoms with E-state index in [2.05, 4.69) is 9.71 Å². The van der Waals surface area contributed by atoms with Gasteiger partial charge in [0, 0.05) is 30.4 Å². The van der Waals surface area contributed by atoms with Gasteiger partial charge in [-0.25, -0.2) is 18.1 Å². The average Bonchev–Trinajstić information content (AvgIpc) is 2.65. The second kappa shape index (κ2) is 8.42. The quantitative estimate of drug-likeness (QED) is 0.558. The van der Waals surface area contributed by atoms with E-state index >= 15 is 0 Å². The maximum absolute atomic E-state index is 12.7. The van der Waals surface area contributed by atoms with E-state index in [0.717, 1.165) is 6.07 Å². The second-order valence-electron chi connectivity index (χ2n) is 6.73. The third kappa shape index (κ3) is 4.98. The summed E-state index contributed by atoms with van der Waals surface area (Å²) in [6.07, 6.45) is 4.01. The van der Waals surface area contributed by atoms with Crippen LogP contribution >= 0.6 is 11.6 Å². The van der Waals surface area contributed by atoms with Gasteiger partial charge < -0.3 is 4.74 Å². The number of nitro groups is 1. The highest BCUT2D eigenvalue weighted by atomic mass is 35.5. The van der Waals surface area contributed by atoms with Gasteiger partial charge in [0.25, 0.3) is 5.69 Å². The molecule has 1 aromatic heterocycles. The summed E-state index contributed by atoms with van der Waals surface area (Å²) in [4.78, 5) is 14.4. The van der Waals surface area contributed by atoms with Gasteiger partial charge in [-0.15, -0.1) is 0 Å². The molecule has 0 amide bonds. The van der Waals surface area contributed by atoms with Crippen molar-refractivity contribution in [2.45, 2.75) is 49.6 Å². The number of ether oxygens (including phenoxy) is 1. The van der Waals surface area contributed by atoms with Gasteiger partial charge in [0.1, 0.15) is 6.10 Å². The first-order valence-corrected chi connectivity index (χ1v) is 10.7.